The molecule has 2 heterocycles. The molecular formula is C21H29N5O2. The van der Waals surface area contributed by atoms with Gasteiger partial charge in [-0.1, -0.05) is 30.3 Å². The highest BCUT2D eigenvalue weighted by molar-refractivity contribution is 5.87. The van der Waals surface area contributed by atoms with Crippen molar-refractivity contribution in [3.8, 4) is 0 Å². The second-order valence-corrected chi connectivity index (χ2v) is 7.45. The van der Waals surface area contributed by atoms with E-state index in [4.69, 9.17) is 5.73 Å². The van der Waals surface area contributed by atoms with E-state index in [1.807, 2.05) is 32.0 Å². The number of nitrogens with one attached hydrogen (secondary N) is 1. The summed E-state index contributed by atoms with van der Waals surface area (Å²) < 4.78 is 0. The standard InChI is InChI=1S/C21H29N5O2/c1-15-18(16(2)24-23-15)8-9-20(27)26-13-12-25(14-19(26)21(22)28)11-10-17-6-4-3-5-7-17/h3-7,19H,8-14H2,1-2H3,(H2,22,28)(H,23,24). The fourth-order valence-electron chi connectivity index (χ4n) is 3.83. The zero-order valence-corrected chi connectivity index (χ0v) is 16.6. The average Bonchev–Trinajstić information content (AvgIpc) is 3.02. The number of nitrogens with zero attached hydrogens (tertiary/aromatic N) is 3. The van der Waals surface area contributed by atoms with E-state index >= 15 is 0 Å². The highest BCUT2D eigenvalue weighted by atomic mass is 16.2. The molecule has 0 bridgehead atoms. The number of piperazine rings is 1. The van der Waals surface area contributed by atoms with Gasteiger partial charge in [0, 0.05) is 38.3 Å². The maximum atomic E-state index is 12.8. The molecule has 3 N–H and O–H groups in total. The maximum Gasteiger partial charge on any atom is 0.241 e. The molecule has 150 valence electrons. The van der Waals surface area contributed by atoms with Crippen LogP contribution in [0.15, 0.2) is 30.3 Å². The Labute approximate surface area is 165 Å². The number of hydrogen-bond acceptors (Lipinski definition) is 4. The fourth-order valence-corrected chi connectivity index (χ4v) is 3.83. The molecular weight excluding hydrogens is 354 g/mol. The molecule has 0 saturated carbocycles. The van der Waals surface area contributed by atoms with Crippen molar-refractivity contribution >= 4 is 11.8 Å². The van der Waals surface area contributed by atoms with Crippen molar-refractivity contribution in [2.45, 2.75) is 39.2 Å². The first-order chi connectivity index (χ1) is 13.5. The minimum absolute atomic E-state index is 0.0218. The third-order valence-corrected chi connectivity index (χ3v) is 5.54. The molecule has 1 aliphatic rings. The number of nitrogens with two attached hydrogens (primary N) is 1. The third-order valence-electron chi connectivity index (χ3n) is 5.54. The monoisotopic (exact) mass is 383 g/mol. The molecule has 1 aromatic heterocycles. The molecule has 7 heteroatoms. The third kappa shape index (κ3) is 4.78. The van der Waals surface area contributed by atoms with Gasteiger partial charge in [0.05, 0.1) is 5.69 Å². The van der Waals surface area contributed by atoms with Gasteiger partial charge in [0.2, 0.25) is 11.8 Å². The van der Waals surface area contributed by atoms with E-state index in [9.17, 15) is 9.59 Å². The van der Waals surface area contributed by atoms with Gasteiger partial charge in [-0.05, 0) is 37.8 Å². The minimum Gasteiger partial charge on any atom is -0.368 e. The number of H-pyrrole nitrogens is 1. The molecule has 2 aromatic rings. The molecule has 2 amide bonds. The van der Waals surface area contributed by atoms with Crippen molar-refractivity contribution in [2.75, 3.05) is 26.2 Å². The van der Waals surface area contributed by atoms with Crippen molar-refractivity contribution in [1.82, 2.24) is 20.0 Å². The topological polar surface area (TPSA) is 95.3 Å². The predicted octanol–water partition coefficient (Wildman–Crippen LogP) is 1.20. The Morgan fingerprint density at radius 3 is 2.57 bits per heavy atom. The Bertz CT molecular complexity index is 798. The highest BCUT2D eigenvalue weighted by Gasteiger charge is 2.33. The zero-order chi connectivity index (χ0) is 20.1. The highest BCUT2D eigenvalue weighted by Crippen LogP contribution is 2.16. The van der Waals surface area contributed by atoms with Crippen LogP contribution in [0.3, 0.4) is 0 Å². The van der Waals surface area contributed by atoms with Crippen LogP contribution in [-0.2, 0) is 22.4 Å². The van der Waals surface area contributed by atoms with E-state index in [0.29, 0.717) is 25.9 Å². The Kier molecular flexibility index (Phi) is 6.46. The van der Waals surface area contributed by atoms with E-state index in [2.05, 4.69) is 27.2 Å². The normalized spacial score (nSPS) is 17.6. The lowest BCUT2D eigenvalue weighted by Gasteiger charge is -2.40. The van der Waals surface area contributed by atoms with E-state index in [1.165, 1.54) is 5.56 Å². The van der Waals surface area contributed by atoms with Crippen molar-refractivity contribution in [3.63, 3.8) is 0 Å². The van der Waals surface area contributed by atoms with E-state index in [0.717, 1.165) is 36.5 Å². The first-order valence-corrected chi connectivity index (χ1v) is 9.81. The van der Waals surface area contributed by atoms with Crippen LogP contribution in [0, 0.1) is 13.8 Å². The number of aromatic amines is 1. The van der Waals surface area contributed by atoms with Crippen LogP contribution < -0.4 is 5.73 Å². The summed E-state index contributed by atoms with van der Waals surface area (Å²) in [7, 11) is 0. The first-order valence-electron chi connectivity index (χ1n) is 9.81. The van der Waals surface area contributed by atoms with Crippen molar-refractivity contribution in [3.05, 3.63) is 52.8 Å². The van der Waals surface area contributed by atoms with Gasteiger partial charge in [0.15, 0.2) is 0 Å². The fraction of sp³-hybridized carbons (Fsp3) is 0.476. The van der Waals surface area contributed by atoms with Crippen LogP contribution in [0.2, 0.25) is 0 Å². The molecule has 7 nitrogen and oxygen atoms in total. The molecule has 0 spiro atoms. The zero-order valence-electron chi connectivity index (χ0n) is 16.6. The lowest BCUT2D eigenvalue weighted by molar-refractivity contribution is -0.142. The average molecular weight is 383 g/mol. The number of primary amides is 1. The lowest BCUT2D eigenvalue weighted by Crippen LogP contribution is -2.60. The van der Waals surface area contributed by atoms with Crippen LogP contribution in [0.25, 0.3) is 0 Å². The van der Waals surface area contributed by atoms with Crippen LogP contribution in [0.1, 0.15) is 28.9 Å². The first kappa shape index (κ1) is 20.1. The summed E-state index contributed by atoms with van der Waals surface area (Å²) in [6.45, 7) is 6.52. The van der Waals surface area contributed by atoms with Crippen LogP contribution in [0.5, 0.6) is 0 Å². The molecule has 0 aliphatic carbocycles. The van der Waals surface area contributed by atoms with Gasteiger partial charge in [0.1, 0.15) is 6.04 Å². The second-order valence-electron chi connectivity index (χ2n) is 7.45. The summed E-state index contributed by atoms with van der Waals surface area (Å²) in [5, 5.41) is 7.12. The van der Waals surface area contributed by atoms with Crippen molar-refractivity contribution < 1.29 is 9.59 Å². The Morgan fingerprint density at radius 2 is 1.93 bits per heavy atom. The number of rotatable bonds is 7. The maximum absolute atomic E-state index is 12.8. The number of carbonyl (C=O) groups excluding carboxylic acids is 2. The van der Waals surface area contributed by atoms with Crippen LogP contribution >= 0.6 is 0 Å². The van der Waals surface area contributed by atoms with E-state index < -0.39 is 11.9 Å². The van der Waals surface area contributed by atoms with Gasteiger partial charge in [-0.2, -0.15) is 5.10 Å². The van der Waals surface area contributed by atoms with Crippen molar-refractivity contribution in [2.24, 2.45) is 5.73 Å². The number of aromatic nitrogens is 2. The SMILES string of the molecule is Cc1n[nH]c(C)c1CCC(=O)N1CCN(CCc2ccccc2)CC1C(N)=O. The molecule has 1 atom stereocenters. The number of benzene rings is 1. The molecule has 1 aromatic carbocycles. The Balaban J connectivity index is 1.56. The largest absolute Gasteiger partial charge is 0.368 e. The van der Waals surface area contributed by atoms with Gasteiger partial charge in [-0.3, -0.25) is 19.6 Å². The van der Waals surface area contributed by atoms with Gasteiger partial charge in [0.25, 0.3) is 0 Å². The number of carbonyl (C=O) groups is 2. The van der Waals surface area contributed by atoms with E-state index in [-0.39, 0.29) is 5.91 Å². The Morgan fingerprint density at radius 1 is 1.18 bits per heavy atom. The number of amides is 2. The summed E-state index contributed by atoms with van der Waals surface area (Å²) in [6, 6.07) is 9.70. The summed E-state index contributed by atoms with van der Waals surface area (Å²) in [4.78, 5) is 28.7. The van der Waals surface area contributed by atoms with Gasteiger partial charge in [-0.15, -0.1) is 0 Å². The van der Waals surface area contributed by atoms with Gasteiger partial charge < -0.3 is 10.6 Å². The summed E-state index contributed by atoms with van der Waals surface area (Å²) in [6.07, 6.45) is 1.89. The molecule has 0 radical (unpaired) electrons. The van der Waals surface area contributed by atoms with Gasteiger partial charge in [-0.25, -0.2) is 0 Å². The second kappa shape index (κ2) is 9.01. The molecule has 1 saturated heterocycles. The lowest BCUT2D eigenvalue weighted by atomic mass is 10.1. The summed E-state index contributed by atoms with van der Waals surface area (Å²) >= 11 is 0. The minimum atomic E-state index is -0.566. The van der Waals surface area contributed by atoms with E-state index in [1.54, 1.807) is 4.90 Å². The molecule has 1 unspecified atom stereocenters. The van der Waals surface area contributed by atoms with Crippen LogP contribution in [-0.4, -0.2) is 64.0 Å². The molecule has 28 heavy (non-hydrogen) atoms. The summed E-state index contributed by atoms with van der Waals surface area (Å²) in [5.74, 6) is -0.458. The number of aryl methyl sites for hydroxylation is 2. The molecule has 1 fully saturated rings. The summed E-state index contributed by atoms with van der Waals surface area (Å²) in [5.41, 5.74) is 9.88. The quantitative estimate of drug-likeness (QED) is 0.751. The smallest absolute Gasteiger partial charge is 0.241 e. The Hall–Kier alpha value is -2.67. The predicted molar refractivity (Wildman–Crippen MR) is 108 cm³/mol. The van der Waals surface area contributed by atoms with Crippen LogP contribution in [0.4, 0.5) is 0 Å². The van der Waals surface area contributed by atoms with Crippen molar-refractivity contribution in [1.29, 1.82) is 0 Å². The molecule has 1 aliphatic heterocycles. The molecule has 3 rings (SSSR count). The van der Waals surface area contributed by atoms with Gasteiger partial charge >= 0.3 is 0 Å². The number of hydrogen-bond donors (Lipinski definition) is 2.